The van der Waals surface area contributed by atoms with E-state index in [0.29, 0.717) is 6.54 Å². The molecule has 0 saturated heterocycles. The lowest BCUT2D eigenvalue weighted by molar-refractivity contribution is -0.384. The maximum Gasteiger partial charge on any atom is 0.269 e. The standard InChI is InChI=1S/C19H19N3O3/c23-19-15-4-3-6-16(15)20-17-5-1-2-7-18(17)21(19)12-13-8-10-14(11-9-13)22(24)25/h1-2,5,7-11,15-16,20H,3-4,6,12H2/t15-,16+/m0/s1. The van der Waals surface area contributed by atoms with Crippen LogP contribution in [0.1, 0.15) is 24.8 Å². The summed E-state index contributed by atoms with van der Waals surface area (Å²) in [7, 11) is 0. The van der Waals surface area contributed by atoms with E-state index < -0.39 is 4.92 Å². The van der Waals surface area contributed by atoms with Crippen LogP contribution in [0, 0.1) is 16.0 Å². The van der Waals surface area contributed by atoms with Gasteiger partial charge in [-0.05, 0) is 30.5 Å². The number of amides is 1. The first-order valence-corrected chi connectivity index (χ1v) is 8.54. The van der Waals surface area contributed by atoms with Gasteiger partial charge in [0, 0.05) is 18.2 Å². The highest BCUT2D eigenvalue weighted by atomic mass is 16.6. The van der Waals surface area contributed by atoms with Crippen LogP contribution >= 0.6 is 0 Å². The zero-order chi connectivity index (χ0) is 17.4. The summed E-state index contributed by atoms with van der Waals surface area (Å²) in [6.07, 6.45) is 2.97. The fraction of sp³-hybridized carbons (Fsp3) is 0.316. The number of para-hydroxylation sites is 2. The molecule has 1 aliphatic heterocycles. The van der Waals surface area contributed by atoms with Crippen molar-refractivity contribution >= 4 is 23.0 Å². The maximum atomic E-state index is 13.1. The Bertz CT molecular complexity index is 819. The molecule has 2 aliphatic rings. The van der Waals surface area contributed by atoms with Gasteiger partial charge in [0.05, 0.1) is 28.8 Å². The molecule has 0 unspecified atom stereocenters. The number of carbonyl (C=O) groups is 1. The number of carbonyl (C=O) groups excluding carboxylic acids is 1. The summed E-state index contributed by atoms with van der Waals surface area (Å²) in [5.74, 6) is 0.128. The SMILES string of the molecule is O=C1[C@H]2CCC[C@H]2Nc2ccccc2N1Cc1ccc([N+](=O)[O-])cc1. The summed E-state index contributed by atoms with van der Waals surface area (Å²) in [4.78, 5) is 25.4. The van der Waals surface area contributed by atoms with Gasteiger partial charge in [0.15, 0.2) is 0 Å². The predicted molar refractivity (Wildman–Crippen MR) is 95.5 cm³/mol. The topological polar surface area (TPSA) is 75.5 Å². The lowest BCUT2D eigenvalue weighted by Crippen LogP contribution is -2.38. The Morgan fingerprint density at radius 1 is 1.12 bits per heavy atom. The van der Waals surface area contributed by atoms with E-state index in [1.807, 2.05) is 29.2 Å². The quantitative estimate of drug-likeness (QED) is 0.684. The Kier molecular flexibility index (Phi) is 3.87. The molecule has 0 bridgehead atoms. The minimum absolute atomic E-state index is 0.00884. The molecule has 1 heterocycles. The van der Waals surface area contributed by atoms with Crippen molar-refractivity contribution in [3.63, 3.8) is 0 Å². The van der Waals surface area contributed by atoms with E-state index in [1.54, 1.807) is 12.1 Å². The number of nitrogens with one attached hydrogen (secondary N) is 1. The molecule has 2 atom stereocenters. The van der Waals surface area contributed by atoms with E-state index in [-0.39, 0.29) is 23.6 Å². The first-order valence-electron chi connectivity index (χ1n) is 8.54. The first-order chi connectivity index (χ1) is 12.1. The van der Waals surface area contributed by atoms with Crippen molar-refractivity contribution in [3.8, 4) is 0 Å². The summed E-state index contributed by atoms with van der Waals surface area (Å²) in [6.45, 7) is 0.415. The van der Waals surface area contributed by atoms with Crippen LogP contribution in [-0.4, -0.2) is 16.9 Å². The second-order valence-corrected chi connectivity index (χ2v) is 6.65. The highest BCUT2D eigenvalue weighted by molar-refractivity contribution is 6.00. The lowest BCUT2D eigenvalue weighted by atomic mass is 10.0. The van der Waals surface area contributed by atoms with E-state index in [2.05, 4.69) is 5.32 Å². The summed E-state index contributed by atoms with van der Waals surface area (Å²) in [5, 5.41) is 14.4. The summed E-state index contributed by atoms with van der Waals surface area (Å²) in [6, 6.07) is 14.5. The minimum atomic E-state index is -0.413. The van der Waals surface area contributed by atoms with Crippen molar-refractivity contribution in [2.75, 3.05) is 10.2 Å². The molecule has 128 valence electrons. The van der Waals surface area contributed by atoms with E-state index in [9.17, 15) is 14.9 Å². The third kappa shape index (κ3) is 2.84. The van der Waals surface area contributed by atoms with Crippen LogP contribution < -0.4 is 10.2 Å². The third-order valence-electron chi connectivity index (χ3n) is 5.12. The number of nitro benzene ring substituents is 1. The van der Waals surface area contributed by atoms with E-state index >= 15 is 0 Å². The molecule has 2 aromatic carbocycles. The third-order valence-corrected chi connectivity index (χ3v) is 5.12. The van der Waals surface area contributed by atoms with Crippen molar-refractivity contribution in [2.45, 2.75) is 31.8 Å². The number of hydrogen-bond donors (Lipinski definition) is 1. The second-order valence-electron chi connectivity index (χ2n) is 6.65. The van der Waals surface area contributed by atoms with Gasteiger partial charge in [0.25, 0.3) is 5.69 Å². The monoisotopic (exact) mass is 337 g/mol. The summed E-state index contributed by atoms with van der Waals surface area (Å²) < 4.78 is 0. The minimum Gasteiger partial charge on any atom is -0.380 e. The van der Waals surface area contributed by atoms with Gasteiger partial charge < -0.3 is 10.2 Å². The van der Waals surface area contributed by atoms with Gasteiger partial charge in [-0.1, -0.05) is 30.7 Å². The van der Waals surface area contributed by atoms with Crippen LogP contribution in [0.2, 0.25) is 0 Å². The number of anilines is 2. The maximum absolute atomic E-state index is 13.1. The van der Waals surface area contributed by atoms with Crippen molar-refractivity contribution in [3.05, 3.63) is 64.2 Å². The van der Waals surface area contributed by atoms with E-state index in [0.717, 1.165) is 36.2 Å². The second kappa shape index (κ2) is 6.20. The van der Waals surface area contributed by atoms with E-state index in [4.69, 9.17) is 0 Å². The van der Waals surface area contributed by atoms with Crippen LogP contribution in [0.3, 0.4) is 0 Å². The number of nitro groups is 1. The molecular formula is C19H19N3O3. The Morgan fingerprint density at radius 3 is 2.64 bits per heavy atom. The molecule has 1 saturated carbocycles. The fourth-order valence-corrected chi connectivity index (χ4v) is 3.85. The molecule has 6 heteroatoms. The van der Waals surface area contributed by atoms with Crippen molar-refractivity contribution in [1.29, 1.82) is 0 Å². The van der Waals surface area contributed by atoms with Gasteiger partial charge in [-0.3, -0.25) is 14.9 Å². The summed E-state index contributed by atoms with van der Waals surface area (Å²) >= 11 is 0. The molecule has 4 rings (SSSR count). The van der Waals surface area contributed by atoms with Gasteiger partial charge in [-0.2, -0.15) is 0 Å². The average Bonchev–Trinajstić information content (AvgIpc) is 3.04. The molecule has 1 fully saturated rings. The molecular weight excluding hydrogens is 318 g/mol. The van der Waals surface area contributed by atoms with Gasteiger partial charge in [-0.15, -0.1) is 0 Å². The normalized spacial score (nSPS) is 21.9. The van der Waals surface area contributed by atoms with Crippen molar-refractivity contribution in [1.82, 2.24) is 0 Å². The fourth-order valence-electron chi connectivity index (χ4n) is 3.85. The predicted octanol–water partition coefficient (Wildman–Crippen LogP) is 3.72. The Morgan fingerprint density at radius 2 is 1.88 bits per heavy atom. The lowest BCUT2D eigenvalue weighted by Gasteiger charge is -2.25. The van der Waals surface area contributed by atoms with Gasteiger partial charge in [-0.25, -0.2) is 0 Å². The van der Waals surface area contributed by atoms with Gasteiger partial charge >= 0.3 is 0 Å². The Hall–Kier alpha value is -2.89. The zero-order valence-corrected chi connectivity index (χ0v) is 13.7. The number of fused-ring (bicyclic) bond motifs is 2. The van der Waals surface area contributed by atoms with E-state index in [1.165, 1.54) is 12.1 Å². The first kappa shape index (κ1) is 15.6. The number of rotatable bonds is 3. The number of nitrogens with zero attached hydrogens (tertiary/aromatic N) is 2. The van der Waals surface area contributed by atoms with Crippen LogP contribution in [0.5, 0.6) is 0 Å². The van der Waals surface area contributed by atoms with Crippen LogP contribution in [0.4, 0.5) is 17.1 Å². The molecule has 1 amide bonds. The molecule has 6 nitrogen and oxygen atoms in total. The summed E-state index contributed by atoms with van der Waals surface area (Å²) in [5.41, 5.74) is 2.79. The Balaban J connectivity index is 1.68. The number of benzene rings is 2. The largest absolute Gasteiger partial charge is 0.380 e. The van der Waals surface area contributed by atoms with Crippen molar-refractivity contribution < 1.29 is 9.72 Å². The molecule has 1 N–H and O–H groups in total. The molecule has 1 aliphatic carbocycles. The number of hydrogen-bond acceptors (Lipinski definition) is 4. The van der Waals surface area contributed by atoms with Gasteiger partial charge in [0.1, 0.15) is 0 Å². The zero-order valence-electron chi connectivity index (χ0n) is 13.7. The Labute approximate surface area is 145 Å². The highest BCUT2D eigenvalue weighted by Gasteiger charge is 2.39. The van der Waals surface area contributed by atoms with Crippen LogP contribution in [0.15, 0.2) is 48.5 Å². The van der Waals surface area contributed by atoms with Gasteiger partial charge in [0.2, 0.25) is 5.91 Å². The molecule has 0 spiro atoms. The van der Waals surface area contributed by atoms with Crippen molar-refractivity contribution in [2.24, 2.45) is 5.92 Å². The average molecular weight is 337 g/mol. The van der Waals surface area contributed by atoms with Crippen LogP contribution in [0.25, 0.3) is 0 Å². The molecule has 0 radical (unpaired) electrons. The smallest absolute Gasteiger partial charge is 0.269 e. The van der Waals surface area contributed by atoms with Crippen LogP contribution in [-0.2, 0) is 11.3 Å². The molecule has 2 aromatic rings. The molecule has 0 aromatic heterocycles. The highest BCUT2D eigenvalue weighted by Crippen LogP contribution is 2.39. The number of non-ortho nitro benzene ring substituents is 1. The molecule has 25 heavy (non-hydrogen) atoms.